The van der Waals surface area contributed by atoms with Crippen molar-refractivity contribution in [2.75, 3.05) is 18.0 Å². The molecule has 4 heterocycles. The van der Waals surface area contributed by atoms with Gasteiger partial charge in [0.05, 0.1) is 46.4 Å². The van der Waals surface area contributed by atoms with Crippen molar-refractivity contribution in [1.82, 2.24) is 19.7 Å². The quantitative estimate of drug-likeness (QED) is 0.537. The van der Waals surface area contributed by atoms with Crippen molar-refractivity contribution in [3.05, 3.63) is 59.2 Å². The van der Waals surface area contributed by atoms with Crippen LogP contribution in [-0.2, 0) is 11.3 Å². The largest absolute Gasteiger partial charge is 0.443 e. The van der Waals surface area contributed by atoms with Crippen LogP contribution in [0.25, 0.3) is 16.9 Å². The second-order valence-corrected chi connectivity index (χ2v) is 9.81. The number of anilines is 1. The van der Waals surface area contributed by atoms with Crippen LogP contribution < -0.4 is 4.90 Å². The molecule has 2 aromatic heterocycles. The summed E-state index contributed by atoms with van der Waals surface area (Å²) in [5.41, 5.74) is 0.340. The van der Waals surface area contributed by atoms with E-state index in [9.17, 15) is 19.2 Å². The molecule has 36 heavy (non-hydrogen) atoms. The van der Waals surface area contributed by atoms with Crippen LogP contribution in [0, 0.1) is 17.1 Å². The number of carbonyl (C=O) groups is 2. The highest BCUT2D eigenvalue weighted by Gasteiger charge is 2.39. The maximum absolute atomic E-state index is 14.9. The molecule has 0 saturated carbocycles. The van der Waals surface area contributed by atoms with Crippen LogP contribution in [0.5, 0.6) is 0 Å². The number of nitriles is 1. The number of aromatic nitrogens is 3. The number of rotatable bonds is 3. The van der Waals surface area contributed by atoms with E-state index in [1.807, 2.05) is 12.1 Å². The molecular formula is C26H25FN6O3. The smallest absolute Gasteiger partial charge is 0.417 e. The molecule has 0 radical (unpaired) electrons. The van der Waals surface area contributed by atoms with Gasteiger partial charge in [0.1, 0.15) is 11.4 Å². The lowest BCUT2D eigenvalue weighted by Crippen LogP contribution is -2.37. The van der Waals surface area contributed by atoms with E-state index in [-0.39, 0.29) is 34.6 Å². The highest BCUT2D eigenvalue weighted by molar-refractivity contribution is 6.08. The molecule has 0 atom stereocenters. The Labute approximate surface area is 207 Å². The van der Waals surface area contributed by atoms with Crippen molar-refractivity contribution in [2.24, 2.45) is 0 Å². The molecule has 10 heteroatoms. The van der Waals surface area contributed by atoms with Gasteiger partial charge in [-0.2, -0.15) is 10.4 Å². The Morgan fingerprint density at radius 2 is 1.92 bits per heavy atom. The topological polar surface area (TPSA) is 104 Å². The first-order chi connectivity index (χ1) is 17.2. The van der Waals surface area contributed by atoms with E-state index in [0.717, 1.165) is 36.6 Å². The normalized spacial score (nSPS) is 15.2. The Kier molecular flexibility index (Phi) is 5.71. The van der Waals surface area contributed by atoms with Crippen molar-refractivity contribution >= 4 is 17.8 Å². The standard InChI is InChI=1S/C26H25FN6O3/c1-26(2,3)36-25(35)32-15-19-23(24(32)34)20(33-12-9-21(30-33)31-10-4-5-11-31)13-18(29-19)22-16(14-28)7-6-8-17(22)27/h6-9,12-13H,4-5,10-11,15H2,1-3H3. The Morgan fingerprint density at radius 3 is 2.61 bits per heavy atom. The van der Waals surface area contributed by atoms with Gasteiger partial charge in [0, 0.05) is 25.4 Å². The number of benzene rings is 1. The molecule has 5 rings (SSSR count). The summed E-state index contributed by atoms with van der Waals surface area (Å²) in [7, 11) is 0. The number of carbonyl (C=O) groups excluding carboxylic acids is 2. The van der Waals surface area contributed by atoms with Gasteiger partial charge in [-0.25, -0.2) is 23.8 Å². The minimum absolute atomic E-state index is 0.0270. The maximum atomic E-state index is 14.9. The molecule has 1 saturated heterocycles. The van der Waals surface area contributed by atoms with Gasteiger partial charge in [0.15, 0.2) is 5.82 Å². The number of ether oxygens (including phenoxy) is 1. The fourth-order valence-corrected chi connectivity index (χ4v) is 4.50. The van der Waals surface area contributed by atoms with E-state index in [2.05, 4.69) is 15.0 Å². The number of fused-ring (bicyclic) bond motifs is 1. The van der Waals surface area contributed by atoms with Crippen molar-refractivity contribution < 1.29 is 18.7 Å². The first kappa shape index (κ1) is 23.5. The Balaban J connectivity index is 1.65. The SMILES string of the molecule is CC(C)(C)OC(=O)N1Cc2nc(-c3c(F)cccc3C#N)cc(-n3ccc(N4CCCC4)n3)c2C1=O. The van der Waals surface area contributed by atoms with Gasteiger partial charge >= 0.3 is 6.09 Å². The van der Waals surface area contributed by atoms with Gasteiger partial charge in [-0.05, 0) is 51.8 Å². The second-order valence-electron chi connectivity index (χ2n) is 9.81. The average molecular weight is 489 g/mol. The summed E-state index contributed by atoms with van der Waals surface area (Å²) in [4.78, 5) is 33.9. The molecule has 0 spiro atoms. The summed E-state index contributed by atoms with van der Waals surface area (Å²) in [6, 6.07) is 9.61. The Morgan fingerprint density at radius 1 is 1.17 bits per heavy atom. The zero-order valence-electron chi connectivity index (χ0n) is 20.3. The van der Waals surface area contributed by atoms with E-state index in [0.29, 0.717) is 5.69 Å². The third-order valence-electron chi connectivity index (χ3n) is 6.10. The van der Waals surface area contributed by atoms with Crippen molar-refractivity contribution in [1.29, 1.82) is 5.26 Å². The number of hydrogen-bond donors (Lipinski definition) is 0. The van der Waals surface area contributed by atoms with E-state index >= 15 is 0 Å². The molecule has 0 aliphatic carbocycles. The van der Waals surface area contributed by atoms with Crippen LogP contribution in [0.2, 0.25) is 0 Å². The van der Waals surface area contributed by atoms with E-state index < -0.39 is 23.4 Å². The van der Waals surface area contributed by atoms with Crippen LogP contribution in [-0.4, -0.2) is 50.4 Å². The summed E-state index contributed by atoms with van der Waals surface area (Å²) in [5.74, 6) is -0.419. The van der Waals surface area contributed by atoms with E-state index in [1.165, 1.54) is 24.3 Å². The first-order valence-corrected chi connectivity index (χ1v) is 11.7. The monoisotopic (exact) mass is 488 g/mol. The predicted octanol–water partition coefficient (Wildman–Crippen LogP) is 4.44. The van der Waals surface area contributed by atoms with Crippen LogP contribution in [0.4, 0.5) is 15.0 Å². The second kappa shape index (κ2) is 8.75. The van der Waals surface area contributed by atoms with Gasteiger partial charge in [-0.3, -0.25) is 4.79 Å². The third-order valence-corrected chi connectivity index (χ3v) is 6.10. The molecule has 1 aromatic carbocycles. The number of amides is 2. The third kappa shape index (κ3) is 4.17. The van der Waals surface area contributed by atoms with Gasteiger partial charge in [0.2, 0.25) is 0 Å². The van der Waals surface area contributed by atoms with Crippen molar-refractivity contribution in [3.8, 4) is 23.0 Å². The molecule has 2 amide bonds. The van der Waals surface area contributed by atoms with Crippen LogP contribution in [0.3, 0.4) is 0 Å². The molecule has 184 valence electrons. The van der Waals surface area contributed by atoms with E-state index in [4.69, 9.17) is 4.74 Å². The van der Waals surface area contributed by atoms with Gasteiger partial charge in [-0.1, -0.05) is 6.07 Å². The zero-order valence-corrected chi connectivity index (χ0v) is 20.3. The summed E-state index contributed by atoms with van der Waals surface area (Å²) in [5, 5.41) is 14.3. The highest BCUT2D eigenvalue weighted by atomic mass is 19.1. The molecule has 1 fully saturated rings. The maximum Gasteiger partial charge on any atom is 0.417 e. The fraction of sp³-hybridized carbons (Fsp3) is 0.346. The Hall–Kier alpha value is -4.26. The van der Waals surface area contributed by atoms with Crippen LogP contribution in [0.1, 0.15) is 55.2 Å². The lowest BCUT2D eigenvalue weighted by molar-refractivity contribution is 0.0247. The summed E-state index contributed by atoms with van der Waals surface area (Å²) >= 11 is 0. The van der Waals surface area contributed by atoms with Crippen LogP contribution >= 0.6 is 0 Å². The Bertz CT molecular complexity index is 1410. The molecule has 2 aliphatic heterocycles. The molecule has 0 bridgehead atoms. The minimum Gasteiger partial charge on any atom is -0.443 e. The number of pyridine rings is 1. The number of imide groups is 1. The number of halogens is 1. The fourth-order valence-electron chi connectivity index (χ4n) is 4.50. The molecule has 0 N–H and O–H groups in total. The number of nitrogens with zero attached hydrogens (tertiary/aromatic N) is 6. The average Bonchev–Trinajstić information content (AvgIpc) is 3.57. The molecule has 3 aromatic rings. The lowest BCUT2D eigenvalue weighted by Gasteiger charge is -2.23. The highest BCUT2D eigenvalue weighted by Crippen LogP contribution is 2.34. The van der Waals surface area contributed by atoms with Crippen molar-refractivity contribution in [2.45, 2.75) is 45.8 Å². The van der Waals surface area contributed by atoms with Gasteiger partial charge in [-0.15, -0.1) is 0 Å². The van der Waals surface area contributed by atoms with Gasteiger partial charge < -0.3 is 9.64 Å². The van der Waals surface area contributed by atoms with Crippen molar-refractivity contribution in [3.63, 3.8) is 0 Å². The number of hydrogen-bond acceptors (Lipinski definition) is 7. The lowest BCUT2D eigenvalue weighted by atomic mass is 10.0. The molecule has 2 aliphatic rings. The molecular weight excluding hydrogens is 463 g/mol. The zero-order chi connectivity index (χ0) is 25.6. The minimum atomic E-state index is -0.797. The van der Waals surface area contributed by atoms with E-state index in [1.54, 1.807) is 31.6 Å². The summed E-state index contributed by atoms with van der Waals surface area (Å²) in [6.07, 6.45) is 3.09. The molecule has 9 nitrogen and oxygen atoms in total. The summed E-state index contributed by atoms with van der Waals surface area (Å²) in [6.45, 7) is 6.79. The van der Waals surface area contributed by atoms with Gasteiger partial charge in [0.25, 0.3) is 5.91 Å². The van der Waals surface area contributed by atoms with Crippen LogP contribution in [0.15, 0.2) is 36.5 Å². The first-order valence-electron chi connectivity index (χ1n) is 11.7. The molecule has 0 unspecified atom stereocenters. The summed E-state index contributed by atoms with van der Waals surface area (Å²) < 4.78 is 21.9. The predicted molar refractivity (Wildman–Crippen MR) is 129 cm³/mol.